The first kappa shape index (κ1) is 10.6. The molecule has 4 heteroatoms. The third-order valence-corrected chi connectivity index (χ3v) is 3.06. The zero-order chi connectivity index (χ0) is 9.73. The second kappa shape index (κ2) is 4.69. The Labute approximate surface area is 82.8 Å². The molecule has 0 amide bonds. The monoisotopic (exact) mass is 200 g/mol. The van der Waals surface area contributed by atoms with Crippen LogP contribution in [0.1, 0.15) is 25.3 Å². The molecule has 1 aromatic rings. The number of aliphatic hydroxyl groups is 1. The molecule has 74 valence electrons. The normalized spacial score (nSPS) is 15.6. The Bertz CT molecular complexity index is 232. The van der Waals surface area contributed by atoms with Crippen LogP contribution < -0.4 is 5.32 Å². The summed E-state index contributed by atoms with van der Waals surface area (Å²) < 4.78 is 0. The molecular formula is C9H16N2OS. The zero-order valence-corrected chi connectivity index (χ0v) is 8.90. The van der Waals surface area contributed by atoms with Crippen LogP contribution in [0.3, 0.4) is 0 Å². The molecule has 0 spiro atoms. The summed E-state index contributed by atoms with van der Waals surface area (Å²) in [6.07, 6.45) is 2.71. The van der Waals surface area contributed by atoms with Crippen molar-refractivity contribution in [2.45, 2.75) is 32.4 Å². The quantitative estimate of drug-likeness (QED) is 0.755. The van der Waals surface area contributed by atoms with Crippen LogP contribution in [0.25, 0.3) is 0 Å². The van der Waals surface area contributed by atoms with Crippen molar-refractivity contribution >= 4 is 11.3 Å². The molecule has 1 unspecified atom stereocenters. The minimum atomic E-state index is -0.175. The number of thiazole rings is 1. The largest absolute Gasteiger partial charge is 0.394 e. The molecule has 0 saturated carbocycles. The van der Waals surface area contributed by atoms with Gasteiger partial charge in [-0.05, 0) is 13.3 Å². The Morgan fingerprint density at radius 1 is 1.69 bits per heavy atom. The van der Waals surface area contributed by atoms with Crippen LogP contribution in [0.4, 0.5) is 0 Å². The summed E-state index contributed by atoms with van der Waals surface area (Å²) in [6, 6.07) is 0. The van der Waals surface area contributed by atoms with E-state index in [4.69, 9.17) is 5.11 Å². The Balaban J connectivity index is 2.41. The third kappa shape index (κ3) is 3.06. The molecular weight excluding hydrogens is 184 g/mol. The molecule has 0 aliphatic rings. The van der Waals surface area contributed by atoms with Gasteiger partial charge in [0.15, 0.2) is 0 Å². The maximum Gasteiger partial charge on any atom is 0.106 e. The van der Waals surface area contributed by atoms with Gasteiger partial charge >= 0.3 is 0 Å². The smallest absolute Gasteiger partial charge is 0.106 e. The summed E-state index contributed by atoms with van der Waals surface area (Å²) in [5.41, 5.74) is -0.175. The molecule has 0 fully saturated rings. The fourth-order valence-electron chi connectivity index (χ4n) is 0.922. The number of nitrogens with zero attached hydrogens (tertiary/aromatic N) is 1. The van der Waals surface area contributed by atoms with Crippen molar-refractivity contribution < 1.29 is 5.11 Å². The highest BCUT2D eigenvalue weighted by atomic mass is 32.1. The van der Waals surface area contributed by atoms with E-state index in [9.17, 15) is 0 Å². The average molecular weight is 200 g/mol. The van der Waals surface area contributed by atoms with Crippen molar-refractivity contribution in [1.82, 2.24) is 10.3 Å². The fraction of sp³-hybridized carbons (Fsp3) is 0.667. The van der Waals surface area contributed by atoms with Gasteiger partial charge < -0.3 is 10.4 Å². The van der Waals surface area contributed by atoms with Crippen LogP contribution in [0, 0.1) is 0 Å². The summed E-state index contributed by atoms with van der Waals surface area (Å²) in [6.45, 7) is 4.98. The molecule has 0 aromatic carbocycles. The fourth-order valence-corrected chi connectivity index (χ4v) is 1.48. The van der Waals surface area contributed by atoms with Gasteiger partial charge in [-0.2, -0.15) is 0 Å². The lowest BCUT2D eigenvalue weighted by atomic mass is 10.0. The number of aromatic nitrogens is 1. The van der Waals surface area contributed by atoms with Crippen molar-refractivity contribution in [2.75, 3.05) is 6.61 Å². The topological polar surface area (TPSA) is 45.1 Å². The number of nitrogens with one attached hydrogen (secondary N) is 1. The molecule has 0 aliphatic carbocycles. The van der Waals surface area contributed by atoms with Crippen LogP contribution in [0.15, 0.2) is 11.6 Å². The van der Waals surface area contributed by atoms with Gasteiger partial charge in [-0.1, -0.05) is 6.92 Å². The maximum atomic E-state index is 9.13. The second-order valence-corrected chi connectivity index (χ2v) is 4.33. The molecule has 0 radical (unpaired) electrons. The molecule has 2 N–H and O–H groups in total. The van der Waals surface area contributed by atoms with E-state index in [1.165, 1.54) is 0 Å². The van der Waals surface area contributed by atoms with E-state index in [0.29, 0.717) is 0 Å². The van der Waals surface area contributed by atoms with Gasteiger partial charge in [0.1, 0.15) is 5.01 Å². The highest BCUT2D eigenvalue weighted by molar-refractivity contribution is 7.09. The average Bonchev–Trinajstić information content (AvgIpc) is 2.67. The van der Waals surface area contributed by atoms with E-state index < -0.39 is 0 Å². The minimum absolute atomic E-state index is 0.162. The maximum absolute atomic E-state index is 9.13. The minimum Gasteiger partial charge on any atom is -0.394 e. The van der Waals surface area contributed by atoms with E-state index in [1.54, 1.807) is 17.5 Å². The first-order valence-electron chi connectivity index (χ1n) is 4.44. The first-order chi connectivity index (χ1) is 6.20. The zero-order valence-electron chi connectivity index (χ0n) is 8.08. The van der Waals surface area contributed by atoms with Gasteiger partial charge in [0, 0.05) is 23.7 Å². The van der Waals surface area contributed by atoms with Crippen LogP contribution >= 0.6 is 11.3 Å². The van der Waals surface area contributed by atoms with Gasteiger partial charge in [0.25, 0.3) is 0 Å². The van der Waals surface area contributed by atoms with Crippen molar-refractivity contribution in [1.29, 1.82) is 0 Å². The molecule has 3 nitrogen and oxygen atoms in total. The van der Waals surface area contributed by atoms with Crippen LogP contribution in [0.5, 0.6) is 0 Å². The summed E-state index contributed by atoms with van der Waals surface area (Å²) in [7, 11) is 0. The summed E-state index contributed by atoms with van der Waals surface area (Å²) >= 11 is 1.63. The molecule has 1 rings (SSSR count). The van der Waals surface area contributed by atoms with Gasteiger partial charge in [-0.25, -0.2) is 4.98 Å². The molecule has 0 saturated heterocycles. The van der Waals surface area contributed by atoms with Crippen molar-refractivity contribution in [3.63, 3.8) is 0 Å². The molecule has 0 bridgehead atoms. The van der Waals surface area contributed by atoms with E-state index in [1.807, 2.05) is 12.3 Å². The molecule has 1 atom stereocenters. The van der Waals surface area contributed by atoms with Gasteiger partial charge in [-0.3, -0.25) is 0 Å². The second-order valence-electron chi connectivity index (χ2n) is 3.35. The SMILES string of the molecule is CCC(C)(CO)NCc1nccs1. The summed E-state index contributed by atoms with van der Waals surface area (Å²) in [4.78, 5) is 4.16. The predicted octanol–water partition coefficient (Wildman–Crippen LogP) is 1.39. The third-order valence-electron chi connectivity index (χ3n) is 2.28. The van der Waals surface area contributed by atoms with E-state index >= 15 is 0 Å². The Morgan fingerprint density at radius 3 is 2.92 bits per heavy atom. The number of hydrogen-bond acceptors (Lipinski definition) is 4. The summed E-state index contributed by atoms with van der Waals surface area (Å²) in [5.74, 6) is 0. The van der Waals surface area contributed by atoms with E-state index in [0.717, 1.165) is 18.0 Å². The Kier molecular flexibility index (Phi) is 3.84. The first-order valence-corrected chi connectivity index (χ1v) is 5.32. The molecule has 0 aliphatic heterocycles. The lowest BCUT2D eigenvalue weighted by Gasteiger charge is -2.26. The van der Waals surface area contributed by atoms with Gasteiger partial charge in [0.05, 0.1) is 6.61 Å². The molecule has 13 heavy (non-hydrogen) atoms. The Morgan fingerprint density at radius 2 is 2.46 bits per heavy atom. The van der Waals surface area contributed by atoms with Crippen molar-refractivity contribution in [3.05, 3.63) is 16.6 Å². The van der Waals surface area contributed by atoms with E-state index in [2.05, 4.69) is 17.2 Å². The highest BCUT2D eigenvalue weighted by Gasteiger charge is 2.19. The number of rotatable bonds is 5. The standard InChI is InChI=1S/C9H16N2OS/c1-3-9(2,7-12)11-6-8-10-4-5-13-8/h4-5,11-12H,3,6-7H2,1-2H3. The molecule has 1 aromatic heterocycles. The lowest BCUT2D eigenvalue weighted by molar-refractivity contribution is 0.169. The predicted molar refractivity (Wildman–Crippen MR) is 54.7 cm³/mol. The van der Waals surface area contributed by atoms with Crippen molar-refractivity contribution in [2.24, 2.45) is 0 Å². The van der Waals surface area contributed by atoms with Gasteiger partial charge in [0.2, 0.25) is 0 Å². The van der Waals surface area contributed by atoms with Crippen LogP contribution in [-0.4, -0.2) is 22.2 Å². The highest BCUT2D eigenvalue weighted by Crippen LogP contribution is 2.10. The summed E-state index contributed by atoms with van der Waals surface area (Å²) in [5, 5.41) is 15.5. The molecule has 1 heterocycles. The lowest BCUT2D eigenvalue weighted by Crippen LogP contribution is -2.44. The van der Waals surface area contributed by atoms with Gasteiger partial charge in [-0.15, -0.1) is 11.3 Å². The van der Waals surface area contributed by atoms with Crippen LogP contribution in [0.2, 0.25) is 0 Å². The number of hydrogen-bond donors (Lipinski definition) is 2. The number of aliphatic hydroxyl groups excluding tert-OH is 1. The van der Waals surface area contributed by atoms with Crippen molar-refractivity contribution in [3.8, 4) is 0 Å². The van der Waals surface area contributed by atoms with E-state index in [-0.39, 0.29) is 12.1 Å². The Hall–Kier alpha value is -0.450. The van der Waals surface area contributed by atoms with Crippen LogP contribution in [-0.2, 0) is 6.54 Å².